The van der Waals surface area contributed by atoms with Crippen molar-refractivity contribution >= 4 is 11.3 Å². The second-order valence-corrected chi connectivity index (χ2v) is 6.34. The highest BCUT2D eigenvalue weighted by atomic mass is 19.4. The maximum Gasteiger partial charge on any atom is 0.573 e. The molecule has 0 amide bonds. The third kappa shape index (κ3) is 3.88. The molecule has 0 radical (unpaired) electrons. The Bertz CT molecular complexity index is 981. The molecule has 1 aromatic carbocycles. The maximum absolute atomic E-state index is 12.5. The van der Waals surface area contributed by atoms with Crippen molar-refractivity contribution in [2.24, 2.45) is 0 Å². The fourth-order valence-electron chi connectivity index (χ4n) is 3.20. The Morgan fingerprint density at radius 1 is 1.14 bits per heavy atom. The van der Waals surface area contributed by atoms with Crippen molar-refractivity contribution in [2.45, 2.75) is 46.0 Å². The second kappa shape index (κ2) is 7.65. The van der Waals surface area contributed by atoms with Crippen molar-refractivity contribution in [3.05, 3.63) is 30.2 Å². The van der Waals surface area contributed by atoms with Crippen LogP contribution in [0.15, 0.2) is 24.5 Å². The van der Waals surface area contributed by atoms with Crippen LogP contribution in [0.4, 0.5) is 13.2 Å². The van der Waals surface area contributed by atoms with E-state index in [-0.39, 0.29) is 17.5 Å². The van der Waals surface area contributed by atoms with E-state index in [1.165, 1.54) is 25.3 Å². The number of rotatable bonds is 6. The zero-order valence-corrected chi connectivity index (χ0v) is 16.0. The number of fused-ring (bicyclic) bond motifs is 1. The van der Waals surface area contributed by atoms with E-state index in [0.717, 1.165) is 12.8 Å². The summed E-state index contributed by atoms with van der Waals surface area (Å²) in [5.41, 5.74) is 2.80. The van der Waals surface area contributed by atoms with E-state index in [4.69, 9.17) is 4.74 Å². The predicted octanol–water partition coefficient (Wildman–Crippen LogP) is 5.07. The Morgan fingerprint density at radius 2 is 1.86 bits per heavy atom. The number of aryl methyl sites for hydroxylation is 1. The molecule has 28 heavy (non-hydrogen) atoms. The van der Waals surface area contributed by atoms with Gasteiger partial charge in [0.05, 0.1) is 24.8 Å². The molecule has 0 unspecified atom stereocenters. The molecule has 3 rings (SSSR count). The van der Waals surface area contributed by atoms with E-state index in [1.54, 1.807) is 13.3 Å². The molecule has 150 valence electrons. The highest BCUT2D eigenvalue weighted by molar-refractivity contribution is 5.76. The van der Waals surface area contributed by atoms with Crippen LogP contribution in [0.25, 0.3) is 22.6 Å². The van der Waals surface area contributed by atoms with Crippen molar-refractivity contribution in [1.82, 2.24) is 19.5 Å². The number of hydrogen-bond donors (Lipinski definition) is 0. The summed E-state index contributed by atoms with van der Waals surface area (Å²) in [6.45, 7) is 6.00. The van der Waals surface area contributed by atoms with Crippen LogP contribution in [-0.4, -0.2) is 33.0 Å². The van der Waals surface area contributed by atoms with Crippen LogP contribution in [-0.2, 0) is 0 Å². The lowest BCUT2D eigenvalue weighted by Gasteiger charge is -2.16. The maximum atomic E-state index is 12.5. The lowest BCUT2D eigenvalue weighted by molar-refractivity contribution is -0.274. The van der Waals surface area contributed by atoms with Gasteiger partial charge in [-0.05, 0) is 31.9 Å². The minimum Gasteiger partial charge on any atom is -0.496 e. The largest absolute Gasteiger partial charge is 0.573 e. The number of imidazole rings is 1. The number of halogens is 3. The standard InChI is InChI=1S/C19H21F3N4O2/c1-5-12(6-2)26-10-23-17-18(26)24-11(3)16(25-17)14-8-7-13(9-15(14)27-4)28-19(20,21)22/h7-10,12H,5-6H2,1-4H3. The Labute approximate surface area is 160 Å². The van der Waals surface area contributed by atoms with Crippen molar-refractivity contribution in [3.63, 3.8) is 0 Å². The number of aromatic nitrogens is 4. The third-order valence-electron chi connectivity index (χ3n) is 4.58. The van der Waals surface area contributed by atoms with Crippen LogP contribution in [0, 0.1) is 6.92 Å². The van der Waals surface area contributed by atoms with E-state index < -0.39 is 6.36 Å². The fourth-order valence-corrected chi connectivity index (χ4v) is 3.20. The first-order chi connectivity index (χ1) is 13.3. The normalized spacial score (nSPS) is 12.0. The number of benzene rings is 1. The number of alkyl halides is 3. The minimum absolute atomic E-state index is 0.206. The molecule has 6 nitrogen and oxygen atoms in total. The van der Waals surface area contributed by atoms with Crippen LogP contribution < -0.4 is 9.47 Å². The van der Waals surface area contributed by atoms with Gasteiger partial charge in [0.25, 0.3) is 0 Å². The monoisotopic (exact) mass is 394 g/mol. The van der Waals surface area contributed by atoms with Crippen molar-refractivity contribution in [1.29, 1.82) is 0 Å². The quantitative estimate of drug-likeness (QED) is 0.584. The molecule has 0 saturated heterocycles. The Balaban J connectivity index is 2.07. The molecule has 2 aromatic heterocycles. The van der Waals surface area contributed by atoms with E-state index in [2.05, 4.69) is 33.5 Å². The summed E-state index contributed by atoms with van der Waals surface area (Å²) in [5.74, 6) is -0.157. The molecule has 0 saturated carbocycles. The van der Waals surface area contributed by atoms with E-state index in [0.29, 0.717) is 28.2 Å². The van der Waals surface area contributed by atoms with Gasteiger partial charge in [-0.25, -0.2) is 15.0 Å². The van der Waals surface area contributed by atoms with E-state index in [1.807, 2.05) is 4.57 Å². The van der Waals surface area contributed by atoms with Crippen molar-refractivity contribution in [2.75, 3.05) is 7.11 Å². The zero-order chi connectivity index (χ0) is 20.5. The van der Waals surface area contributed by atoms with Gasteiger partial charge in [-0.2, -0.15) is 0 Å². The Morgan fingerprint density at radius 3 is 2.46 bits per heavy atom. The molecular formula is C19H21F3N4O2. The smallest absolute Gasteiger partial charge is 0.496 e. The second-order valence-electron chi connectivity index (χ2n) is 6.34. The fraction of sp³-hybridized carbons (Fsp3) is 0.421. The van der Waals surface area contributed by atoms with Gasteiger partial charge >= 0.3 is 6.36 Å². The SMILES string of the molecule is CCC(CC)n1cnc2nc(-c3ccc(OC(F)(F)F)cc3OC)c(C)nc21. The Hall–Kier alpha value is -2.84. The summed E-state index contributed by atoms with van der Waals surface area (Å²) < 4.78 is 48.6. The van der Waals surface area contributed by atoms with Gasteiger partial charge in [0.15, 0.2) is 11.3 Å². The van der Waals surface area contributed by atoms with Crippen LogP contribution >= 0.6 is 0 Å². The number of ether oxygens (including phenoxy) is 2. The first-order valence-corrected chi connectivity index (χ1v) is 8.92. The average Bonchev–Trinajstić information content (AvgIpc) is 3.03. The molecule has 0 aliphatic heterocycles. The molecule has 0 aliphatic carbocycles. The first kappa shape index (κ1) is 19.9. The number of hydrogen-bond acceptors (Lipinski definition) is 5. The van der Waals surface area contributed by atoms with Gasteiger partial charge in [0.2, 0.25) is 0 Å². The summed E-state index contributed by atoms with van der Waals surface area (Å²) >= 11 is 0. The Kier molecular flexibility index (Phi) is 5.44. The third-order valence-corrected chi connectivity index (χ3v) is 4.58. The molecule has 0 spiro atoms. The summed E-state index contributed by atoms with van der Waals surface area (Å²) in [7, 11) is 1.37. The van der Waals surface area contributed by atoms with Crippen LogP contribution in [0.3, 0.4) is 0 Å². The summed E-state index contributed by atoms with van der Waals surface area (Å²) in [6.07, 6.45) is -1.16. The topological polar surface area (TPSA) is 62.1 Å². The van der Waals surface area contributed by atoms with Crippen LogP contribution in [0.1, 0.15) is 38.4 Å². The lowest BCUT2D eigenvalue weighted by Crippen LogP contribution is -2.17. The van der Waals surface area contributed by atoms with Gasteiger partial charge in [0, 0.05) is 17.7 Å². The molecule has 0 aliphatic rings. The number of nitrogens with zero attached hydrogens (tertiary/aromatic N) is 4. The zero-order valence-electron chi connectivity index (χ0n) is 16.0. The highest BCUT2D eigenvalue weighted by Gasteiger charge is 2.31. The van der Waals surface area contributed by atoms with Gasteiger partial charge in [-0.1, -0.05) is 13.8 Å². The molecule has 0 fully saturated rings. The van der Waals surface area contributed by atoms with Gasteiger partial charge < -0.3 is 14.0 Å². The molecule has 3 aromatic rings. The molecular weight excluding hydrogens is 373 g/mol. The summed E-state index contributed by atoms with van der Waals surface area (Å²) in [4.78, 5) is 13.6. The van der Waals surface area contributed by atoms with E-state index in [9.17, 15) is 13.2 Å². The first-order valence-electron chi connectivity index (χ1n) is 8.92. The van der Waals surface area contributed by atoms with Crippen LogP contribution in [0.5, 0.6) is 11.5 Å². The molecule has 0 N–H and O–H groups in total. The molecule has 0 atom stereocenters. The van der Waals surface area contributed by atoms with Gasteiger partial charge in [-0.3, -0.25) is 0 Å². The summed E-state index contributed by atoms with van der Waals surface area (Å²) in [6, 6.07) is 4.15. The van der Waals surface area contributed by atoms with Crippen LogP contribution in [0.2, 0.25) is 0 Å². The van der Waals surface area contributed by atoms with E-state index >= 15 is 0 Å². The lowest BCUT2D eigenvalue weighted by atomic mass is 10.1. The van der Waals surface area contributed by atoms with Crippen molar-refractivity contribution in [3.8, 4) is 22.8 Å². The molecule has 0 bridgehead atoms. The predicted molar refractivity (Wildman–Crippen MR) is 98.4 cm³/mol. The van der Waals surface area contributed by atoms with Gasteiger partial charge in [0.1, 0.15) is 11.5 Å². The average molecular weight is 394 g/mol. The van der Waals surface area contributed by atoms with Gasteiger partial charge in [-0.15, -0.1) is 13.2 Å². The minimum atomic E-state index is -4.77. The molecule has 9 heteroatoms. The summed E-state index contributed by atoms with van der Waals surface area (Å²) in [5, 5.41) is 0. The number of methoxy groups -OCH3 is 1. The molecule has 2 heterocycles. The highest BCUT2D eigenvalue weighted by Crippen LogP contribution is 2.36. The van der Waals surface area contributed by atoms with Crippen molar-refractivity contribution < 1.29 is 22.6 Å².